The average molecular weight is 528 g/mol. The van der Waals surface area contributed by atoms with Crippen LogP contribution in [0.15, 0.2) is 84.9 Å². The minimum atomic E-state index is -2.43. The second-order valence-corrected chi connectivity index (χ2v) is 32.7. The number of rotatable bonds is 4. The first kappa shape index (κ1) is 18.1. The molecule has 0 aliphatic heterocycles. The Morgan fingerprint density at radius 1 is 0.375 bits per heavy atom. The molecule has 0 fully saturated rings. The van der Waals surface area contributed by atoms with Gasteiger partial charge in [0.1, 0.15) is 0 Å². The van der Waals surface area contributed by atoms with E-state index in [9.17, 15) is 0 Å². The van der Waals surface area contributed by atoms with E-state index in [4.69, 9.17) is 0 Å². The van der Waals surface area contributed by atoms with Gasteiger partial charge in [-0.1, -0.05) is 0 Å². The Labute approximate surface area is 154 Å². The van der Waals surface area contributed by atoms with Gasteiger partial charge in [-0.25, -0.2) is 0 Å². The summed E-state index contributed by atoms with van der Waals surface area (Å²) in [4.78, 5) is 10.1. The third-order valence-electron chi connectivity index (χ3n) is 5.32. The topological polar surface area (TPSA) is 0 Å². The SMILES string of the molecule is [CH3][Sn]([CH3])([c]1ccccc1)[c]1cc[c]([Sn]([CH3])([CH3])[c]2ccccc2)cc1. The standard InChI is InChI=1S/2C6H5.C6H4.4CH3.2Sn/c3*1-2-4-6-5-3-1;;;;;;/h2*1-5H;1-2,5-6H;4*1H3;;. The minimum absolute atomic E-state index is 1.57. The normalized spacial score (nSPS) is 12.2. The molecular formula is C22H26Sn2. The fraction of sp³-hybridized carbons (Fsp3) is 0.182. The van der Waals surface area contributed by atoms with E-state index in [1.165, 1.54) is 0 Å². The Morgan fingerprint density at radius 2 is 0.625 bits per heavy atom. The van der Waals surface area contributed by atoms with Gasteiger partial charge in [-0.3, -0.25) is 0 Å². The zero-order chi connectivity index (χ0) is 17.2. The van der Waals surface area contributed by atoms with Crippen LogP contribution in [0.25, 0.3) is 0 Å². The Kier molecular flexibility index (Phi) is 5.45. The van der Waals surface area contributed by atoms with Crippen LogP contribution >= 0.6 is 0 Å². The van der Waals surface area contributed by atoms with Crippen molar-refractivity contribution in [1.82, 2.24) is 0 Å². The van der Waals surface area contributed by atoms with Crippen LogP contribution in [0.4, 0.5) is 0 Å². The summed E-state index contributed by atoms with van der Waals surface area (Å²) in [5.74, 6) is 0. The molecule has 0 atom stereocenters. The first-order valence-corrected chi connectivity index (χ1v) is 25.8. The fourth-order valence-corrected chi connectivity index (χ4v) is 16.8. The summed E-state index contributed by atoms with van der Waals surface area (Å²) in [6.07, 6.45) is 0. The van der Waals surface area contributed by atoms with Crippen LogP contribution in [0.1, 0.15) is 0 Å². The Bertz CT molecular complexity index is 718. The molecule has 122 valence electrons. The number of hydrogen-bond acceptors (Lipinski definition) is 0. The summed E-state index contributed by atoms with van der Waals surface area (Å²) in [5, 5.41) is 0. The van der Waals surface area contributed by atoms with Crippen molar-refractivity contribution >= 4 is 51.1 Å². The quantitative estimate of drug-likeness (QED) is 0.457. The van der Waals surface area contributed by atoms with E-state index in [2.05, 4.69) is 105 Å². The third kappa shape index (κ3) is 3.60. The molecular weight excluding hydrogens is 502 g/mol. The molecule has 0 aliphatic rings. The molecule has 0 unspecified atom stereocenters. The van der Waals surface area contributed by atoms with E-state index in [1.54, 1.807) is 14.3 Å². The fourth-order valence-electron chi connectivity index (χ4n) is 3.35. The third-order valence-corrected chi connectivity index (χ3v) is 25.6. The van der Waals surface area contributed by atoms with Crippen molar-refractivity contribution in [2.75, 3.05) is 0 Å². The van der Waals surface area contributed by atoms with Crippen LogP contribution in [0.2, 0.25) is 19.8 Å². The molecule has 24 heavy (non-hydrogen) atoms. The van der Waals surface area contributed by atoms with Gasteiger partial charge in [0, 0.05) is 0 Å². The van der Waals surface area contributed by atoms with E-state index < -0.39 is 36.8 Å². The molecule has 2 heteroatoms. The Balaban J connectivity index is 1.94. The summed E-state index contributed by atoms with van der Waals surface area (Å²) in [7, 11) is 0. The number of benzene rings is 3. The molecule has 0 amide bonds. The summed E-state index contributed by atoms with van der Waals surface area (Å²) in [6.45, 7) is 0. The van der Waals surface area contributed by atoms with Crippen molar-refractivity contribution in [3.05, 3.63) is 84.9 Å². The second-order valence-electron chi connectivity index (χ2n) is 7.56. The molecule has 0 heterocycles. The molecule has 0 bridgehead atoms. The van der Waals surface area contributed by atoms with Gasteiger partial charge >= 0.3 is 156 Å². The van der Waals surface area contributed by atoms with E-state index >= 15 is 0 Å². The van der Waals surface area contributed by atoms with Gasteiger partial charge in [0.25, 0.3) is 0 Å². The van der Waals surface area contributed by atoms with E-state index in [0.29, 0.717) is 0 Å². The van der Waals surface area contributed by atoms with Crippen LogP contribution < -0.4 is 14.3 Å². The average Bonchev–Trinajstić information content (AvgIpc) is 2.63. The van der Waals surface area contributed by atoms with Gasteiger partial charge in [-0.2, -0.15) is 0 Å². The van der Waals surface area contributed by atoms with Crippen LogP contribution in [0, 0.1) is 0 Å². The molecule has 0 nitrogen and oxygen atoms in total. The van der Waals surface area contributed by atoms with E-state index in [0.717, 1.165) is 0 Å². The summed E-state index contributed by atoms with van der Waals surface area (Å²) >= 11 is -4.85. The van der Waals surface area contributed by atoms with Crippen LogP contribution in [-0.4, -0.2) is 36.8 Å². The van der Waals surface area contributed by atoms with Crippen molar-refractivity contribution in [3.8, 4) is 0 Å². The Morgan fingerprint density at radius 3 is 0.917 bits per heavy atom. The number of hydrogen-bond donors (Lipinski definition) is 0. The summed E-state index contributed by atoms with van der Waals surface area (Å²) < 4.78 is 6.33. The molecule has 0 N–H and O–H groups in total. The van der Waals surface area contributed by atoms with Crippen molar-refractivity contribution in [1.29, 1.82) is 0 Å². The van der Waals surface area contributed by atoms with Crippen molar-refractivity contribution in [3.63, 3.8) is 0 Å². The predicted molar refractivity (Wildman–Crippen MR) is 113 cm³/mol. The van der Waals surface area contributed by atoms with E-state index in [-0.39, 0.29) is 0 Å². The molecule has 0 aromatic heterocycles. The van der Waals surface area contributed by atoms with Gasteiger partial charge in [0.05, 0.1) is 0 Å². The van der Waals surface area contributed by atoms with Crippen molar-refractivity contribution < 1.29 is 0 Å². The summed E-state index contributed by atoms with van der Waals surface area (Å²) in [5.41, 5.74) is 0. The van der Waals surface area contributed by atoms with Crippen molar-refractivity contribution in [2.45, 2.75) is 19.8 Å². The van der Waals surface area contributed by atoms with Gasteiger partial charge in [-0.15, -0.1) is 0 Å². The van der Waals surface area contributed by atoms with Crippen molar-refractivity contribution in [2.24, 2.45) is 0 Å². The van der Waals surface area contributed by atoms with Gasteiger partial charge in [-0.05, 0) is 0 Å². The molecule has 3 aromatic rings. The molecule has 0 aliphatic carbocycles. The first-order valence-electron chi connectivity index (χ1n) is 8.64. The molecule has 0 spiro atoms. The van der Waals surface area contributed by atoms with Crippen LogP contribution in [0.3, 0.4) is 0 Å². The Hall–Kier alpha value is -0.743. The van der Waals surface area contributed by atoms with Crippen LogP contribution in [0.5, 0.6) is 0 Å². The van der Waals surface area contributed by atoms with E-state index in [1.807, 2.05) is 0 Å². The van der Waals surface area contributed by atoms with Crippen LogP contribution in [-0.2, 0) is 0 Å². The zero-order valence-electron chi connectivity index (χ0n) is 15.1. The monoisotopic (exact) mass is 530 g/mol. The molecule has 3 rings (SSSR count). The maximum absolute atomic E-state index is 2.52. The summed E-state index contributed by atoms with van der Waals surface area (Å²) in [6, 6.07) is 31.9. The first-order chi connectivity index (χ1) is 11.4. The second kappa shape index (κ2) is 7.25. The zero-order valence-corrected chi connectivity index (χ0v) is 20.8. The predicted octanol–water partition coefficient (Wildman–Crippen LogP) is 3.33. The van der Waals surface area contributed by atoms with Gasteiger partial charge < -0.3 is 0 Å². The molecule has 0 saturated heterocycles. The molecule has 0 saturated carbocycles. The molecule has 3 aromatic carbocycles. The van der Waals surface area contributed by atoms with Gasteiger partial charge in [0.2, 0.25) is 0 Å². The van der Waals surface area contributed by atoms with Gasteiger partial charge in [0.15, 0.2) is 0 Å². The molecule has 0 radical (unpaired) electrons. The maximum atomic E-state index is 2.52.